The van der Waals surface area contributed by atoms with Crippen LogP contribution in [0.5, 0.6) is 0 Å². The van der Waals surface area contributed by atoms with E-state index in [4.69, 9.17) is 0 Å². The number of aromatic nitrogens is 3. The first-order valence-corrected chi connectivity index (χ1v) is 5.17. The van der Waals surface area contributed by atoms with E-state index in [9.17, 15) is 0 Å². The van der Waals surface area contributed by atoms with Crippen LogP contribution in [0.1, 0.15) is 5.56 Å². The van der Waals surface area contributed by atoms with E-state index in [0.717, 1.165) is 11.3 Å². The molecule has 0 unspecified atom stereocenters. The third-order valence-corrected chi connectivity index (χ3v) is 2.20. The second-order valence-corrected chi connectivity index (χ2v) is 3.68. The van der Waals surface area contributed by atoms with Gasteiger partial charge in [0.05, 0.1) is 6.21 Å². The Hall–Kier alpha value is -2.37. The van der Waals surface area contributed by atoms with Gasteiger partial charge in [0.2, 0.25) is 0 Å². The second-order valence-electron chi connectivity index (χ2n) is 3.68. The topological polar surface area (TPSA) is 58.3 Å². The fourth-order valence-corrected chi connectivity index (χ4v) is 1.28. The van der Waals surface area contributed by atoms with Crippen LogP contribution in [0.25, 0.3) is 0 Å². The quantitative estimate of drug-likeness (QED) is 0.627. The third-order valence-electron chi connectivity index (χ3n) is 2.20. The van der Waals surface area contributed by atoms with E-state index in [1.807, 2.05) is 38.4 Å². The normalized spacial score (nSPS) is 10.7. The highest BCUT2D eigenvalue weighted by molar-refractivity contribution is 5.80. The summed E-state index contributed by atoms with van der Waals surface area (Å²) in [4.78, 5) is 7.26. The summed E-state index contributed by atoms with van der Waals surface area (Å²) in [5, 5.41) is 7.89. The SMILES string of the molecule is CN(C)c1ccc(/C=N/Nn2cncn2)cc1. The van der Waals surface area contributed by atoms with Gasteiger partial charge in [0, 0.05) is 19.8 Å². The van der Waals surface area contributed by atoms with Gasteiger partial charge < -0.3 is 4.90 Å². The Morgan fingerprint density at radius 1 is 1.29 bits per heavy atom. The first-order chi connectivity index (χ1) is 8.25. The maximum atomic E-state index is 4.03. The molecule has 0 aliphatic carbocycles. The van der Waals surface area contributed by atoms with Crippen LogP contribution in [-0.4, -0.2) is 35.2 Å². The van der Waals surface area contributed by atoms with Crippen LogP contribution in [0.15, 0.2) is 42.0 Å². The summed E-state index contributed by atoms with van der Waals surface area (Å²) in [6.07, 6.45) is 4.70. The predicted octanol–water partition coefficient (Wildman–Crippen LogP) is 0.922. The van der Waals surface area contributed by atoms with E-state index >= 15 is 0 Å². The molecule has 2 rings (SSSR count). The first kappa shape index (κ1) is 11.1. The Morgan fingerprint density at radius 2 is 2.06 bits per heavy atom. The average molecular weight is 230 g/mol. The smallest absolute Gasteiger partial charge is 0.139 e. The molecule has 1 N–H and O–H groups in total. The van der Waals surface area contributed by atoms with Crippen LogP contribution in [0, 0.1) is 0 Å². The molecular weight excluding hydrogens is 216 g/mol. The van der Waals surface area contributed by atoms with Crippen molar-refractivity contribution in [2.24, 2.45) is 5.10 Å². The van der Waals surface area contributed by atoms with Crippen LogP contribution >= 0.6 is 0 Å². The molecule has 0 bridgehead atoms. The molecule has 0 saturated heterocycles. The van der Waals surface area contributed by atoms with Crippen molar-refractivity contribution in [2.75, 3.05) is 24.5 Å². The number of nitrogens with one attached hydrogen (secondary N) is 1. The molecule has 0 radical (unpaired) electrons. The molecule has 6 nitrogen and oxygen atoms in total. The lowest BCUT2D eigenvalue weighted by molar-refractivity contribution is 0.754. The molecular formula is C11H14N6. The van der Waals surface area contributed by atoms with Gasteiger partial charge in [0.25, 0.3) is 0 Å². The molecule has 0 aliphatic rings. The van der Waals surface area contributed by atoms with E-state index in [-0.39, 0.29) is 0 Å². The molecule has 1 heterocycles. The lowest BCUT2D eigenvalue weighted by atomic mass is 10.2. The standard InChI is InChI=1S/C11H14N6/c1-16(2)11-5-3-10(4-6-11)7-13-15-17-9-12-8-14-17/h3-9,15H,1-2H3/b13-7+. The molecule has 0 fully saturated rings. The first-order valence-electron chi connectivity index (χ1n) is 5.17. The van der Waals surface area contributed by atoms with Crippen molar-refractivity contribution in [3.8, 4) is 0 Å². The Morgan fingerprint density at radius 3 is 2.65 bits per heavy atom. The van der Waals surface area contributed by atoms with E-state index in [0.29, 0.717) is 0 Å². The van der Waals surface area contributed by atoms with Gasteiger partial charge in [-0.3, -0.25) is 0 Å². The highest BCUT2D eigenvalue weighted by atomic mass is 15.7. The monoisotopic (exact) mass is 230 g/mol. The molecule has 17 heavy (non-hydrogen) atoms. The van der Waals surface area contributed by atoms with Gasteiger partial charge in [-0.1, -0.05) is 12.1 Å². The minimum absolute atomic E-state index is 1.02. The Bertz CT molecular complexity index is 471. The van der Waals surface area contributed by atoms with Crippen LogP contribution in [0.2, 0.25) is 0 Å². The molecule has 0 spiro atoms. The lowest BCUT2D eigenvalue weighted by Gasteiger charge is -2.11. The van der Waals surface area contributed by atoms with Gasteiger partial charge in [0.15, 0.2) is 0 Å². The number of benzene rings is 1. The zero-order valence-corrected chi connectivity index (χ0v) is 9.78. The summed E-state index contributed by atoms with van der Waals surface area (Å²) in [6.45, 7) is 0. The van der Waals surface area contributed by atoms with Crippen LogP contribution < -0.4 is 10.4 Å². The van der Waals surface area contributed by atoms with Crippen molar-refractivity contribution in [1.29, 1.82) is 0 Å². The number of nitrogens with zero attached hydrogens (tertiary/aromatic N) is 5. The van der Waals surface area contributed by atoms with Crippen molar-refractivity contribution in [2.45, 2.75) is 0 Å². The fraction of sp³-hybridized carbons (Fsp3) is 0.182. The molecule has 1 aromatic heterocycles. The van der Waals surface area contributed by atoms with Gasteiger partial charge in [0.1, 0.15) is 12.7 Å². The summed E-state index contributed by atoms with van der Waals surface area (Å²) in [5.41, 5.74) is 4.89. The number of hydrogen-bond acceptors (Lipinski definition) is 5. The summed E-state index contributed by atoms with van der Waals surface area (Å²) >= 11 is 0. The number of hydrazone groups is 1. The molecule has 1 aromatic carbocycles. The summed E-state index contributed by atoms with van der Waals surface area (Å²) in [7, 11) is 4.02. The van der Waals surface area contributed by atoms with Crippen molar-refractivity contribution < 1.29 is 0 Å². The summed E-state index contributed by atoms with van der Waals surface area (Å²) < 4.78 is 0. The highest BCUT2D eigenvalue weighted by Crippen LogP contribution is 2.10. The van der Waals surface area contributed by atoms with E-state index in [1.54, 1.807) is 6.21 Å². The van der Waals surface area contributed by atoms with E-state index in [1.165, 1.54) is 17.4 Å². The minimum Gasteiger partial charge on any atom is -0.378 e. The maximum absolute atomic E-state index is 4.03. The zero-order chi connectivity index (χ0) is 12.1. The Labute approximate surface area is 99.6 Å². The summed E-state index contributed by atoms with van der Waals surface area (Å²) in [5.74, 6) is 0. The molecule has 0 saturated carbocycles. The minimum atomic E-state index is 1.02. The Kier molecular flexibility index (Phi) is 3.34. The van der Waals surface area contributed by atoms with E-state index < -0.39 is 0 Å². The van der Waals surface area contributed by atoms with Gasteiger partial charge in [-0.25, -0.2) is 4.98 Å². The maximum Gasteiger partial charge on any atom is 0.139 e. The lowest BCUT2D eigenvalue weighted by Crippen LogP contribution is -2.09. The highest BCUT2D eigenvalue weighted by Gasteiger charge is 1.93. The van der Waals surface area contributed by atoms with E-state index in [2.05, 4.69) is 25.6 Å². The van der Waals surface area contributed by atoms with Crippen molar-refractivity contribution in [1.82, 2.24) is 14.9 Å². The number of anilines is 1. The third kappa shape index (κ3) is 3.04. The molecule has 6 heteroatoms. The van der Waals surface area contributed by atoms with Crippen LogP contribution in [-0.2, 0) is 0 Å². The molecule has 0 amide bonds. The van der Waals surface area contributed by atoms with Gasteiger partial charge in [-0.15, -0.1) is 9.89 Å². The van der Waals surface area contributed by atoms with Crippen molar-refractivity contribution >= 4 is 11.9 Å². The average Bonchev–Trinajstić information content (AvgIpc) is 2.83. The number of rotatable bonds is 4. The van der Waals surface area contributed by atoms with Gasteiger partial charge in [-0.2, -0.15) is 10.6 Å². The van der Waals surface area contributed by atoms with Crippen LogP contribution in [0.4, 0.5) is 5.69 Å². The van der Waals surface area contributed by atoms with Gasteiger partial charge >= 0.3 is 0 Å². The largest absolute Gasteiger partial charge is 0.378 e. The molecule has 0 atom stereocenters. The number of hydrogen-bond donors (Lipinski definition) is 1. The predicted molar refractivity (Wildman–Crippen MR) is 67.7 cm³/mol. The molecule has 88 valence electrons. The second kappa shape index (κ2) is 5.11. The Balaban J connectivity index is 1.96. The van der Waals surface area contributed by atoms with Crippen molar-refractivity contribution in [3.05, 3.63) is 42.5 Å². The summed E-state index contributed by atoms with van der Waals surface area (Å²) in [6, 6.07) is 8.08. The van der Waals surface area contributed by atoms with Crippen molar-refractivity contribution in [3.63, 3.8) is 0 Å². The molecule has 2 aromatic rings. The van der Waals surface area contributed by atoms with Crippen LogP contribution in [0.3, 0.4) is 0 Å². The van der Waals surface area contributed by atoms with Gasteiger partial charge in [-0.05, 0) is 17.7 Å². The fourth-order valence-electron chi connectivity index (χ4n) is 1.28. The molecule has 0 aliphatic heterocycles. The zero-order valence-electron chi connectivity index (χ0n) is 9.78.